The maximum Gasteiger partial charge on any atom is 0.168 e. The molecule has 0 spiro atoms. The number of fused-ring (bicyclic) bond motifs is 2. The third-order valence-electron chi connectivity index (χ3n) is 3.66. The van der Waals surface area contributed by atoms with E-state index in [1.165, 1.54) is 31.8 Å². The summed E-state index contributed by atoms with van der Waals surface area (Å²) in [6.45, 7) is 8.02. The van der Waals surface area contributed by atoms with Crippen molar-refractivity contribution in [3.8, 4) is 0 Å². The van der Waals surface area contributed by atoms with Gasteiger partial charge in [0.15, 0.2) is 5.17 Å². The number of amidine groups is 1. The molecule has 0 saturated carbocycles. The van der Waals surface area contributed by atoms with E-state index >= 15 is 0 Å². The molecule has 0 bridgehead atoms. The third-order valence-corrected chi connectivity index (χ3v) is 5.64. The SMILES string of the molecule is C=CC1=C(c2cc(C)cc3sccc23)N2CCN=C2S1. The zero-order chi connectivity index (χ0) is 13.7. The van der Waals surface area contributed by atoms with Gasteiger partial charge in [-0.15, -0.1) is 11.3 Å². The van der Waals surface area contributed by atoms with Gasteiger partial charge in [-0.25, -0.2) is 0 Å². The Balaban J connectivity index is 2.00. The van der Waals surface area contributed by atoms with Crippen LogP contribution in [0, 0.1) is 6.92 Å². The second-order valence-electron chi connectivity index (χ2n) is 4.98. The highest BCUT2D eigenvalue weighted by atomic mass is 32.2. The van der Waals surface area contributed by atoms with E-state index in [0.29, 0.717) is 0 Å². The Morgan fingerprint density at radius 3 is 3.15 bits per heavy atom. The Hall–Kier alpha value is -1.52. The van der Waals surface area contributed by atoms with Crippen LogP contribution in [0.2, 0.25) is 0 Å². The zero-order valence-electron chi connectivity index (χ0n) is 11.2. The minimum absolute atomic E-state index is 0.898. The third kappa shape index (κ3) is 1.68. The molecule has 0 N–H and O–H groups in total. The van der Waals surface area contributed by atoms with Crippen LogP contribution in [-0.2, 0) is 0 Å². The number of thiophene rings is 1. The molecule has 0 amide bonds. The van der Waals surface area contributed by atoms with Gasteiger partial charge in [-0.2, -0.15) is 0 Å². The first-order valence-corrected chi connectivity index (χ1v) is 8.32. The summed E-state index contributed by atoms with van der Waals surface area (Å²) in [5.74, 6) is 0. The van der Waals surface area contributed by atoms with Crippen LogP contribution < -0.4 is 0 Å². The van der Waals surface area contributed by atoms with Crippen molar-refractivity contribution in [1.82, 2.24) is 4.90 Å². The van der Waals surface area contributed by atoms with Gasteiger partial charge in [0.25, 0.3) is 0 Å². The molecule has 0 aliphatic carbocycles. The summed E-state index contributed by atoms with van der Waals surface area (Å²) in [4.78, 5) is 8.14. The quantitative estimate of drug-likeness (QED) is 0.812. The second kappa shape index (κ2) is 4.50. The summed E-state index contributed by atoms with van der Waals surface area (Å²) in [5.41, 5.74) is 3.91. The van der Waals surface area contributed by atoms with Gasteiger partial charge in [0, 0.05) is 27.1 Å². The number of hydrogen-bond donors (Lipinski definition) is 0. The van der Waals surface area contributed by atoms with Gasteiger partial charge < -0.3 is 4.90 Å². The van der Waals surface area contributed by atoms with E-state index in [4.69, 9.17) is 0 Å². The minimum atomic E-state index is 0.898. The van der Waals surface area contributed by atoms with Crippen LogP contribution in [-0.4, -0.2) is 23.2 Å². The number of rotatable bonds is 2. The fourth-order valence-electron chi connectivity index (χ4n) is 2.82. The molecule has 20 heavy (non-hydrogen) atoms. The molecule has 4 heteroatoms. The molecule has 1 aromatic heterocycles. The summed E-state index contributed by atoms with van der Waals surface area (Å²) in [6.07, 6.45) is 1.96. The summed E-state index contributed by atoms with van der Waals surface area (Å²) in [7, 11) is 0. The number of benzene rings is 1. The summed E-state index contributed by atoms with van der Waals surface area (Å²) in [5, 5.41) is 4.63. The fourth-order valence-corrected chi connectivity index (χ4v) is 4.78. The van der Waals surface area contributed by atoms with Crippen molar-refractivity contribution >= 4 is 44.0 Å². The first-order valence-electron chi connectivity index (χ1n) is 6.62. The van der Waals surface area contributed by atoms with E-state index in [9.17, 15) is 0 Å². The molecular formula is C16H14N2S2. The van der Waals surface area contributed by atoms with E-state index in [1.54, 1.807) is 23.1 Å². The maximum atomic E-state index is 4.58. The van der Waals surface area contributed by atoms with Crippen molar-refractivity contribution < 1.29 is 0 Å². The number of nitrogens with zero attached hydrogens (tertiary/aromatic N) is 2. The molecule has 2 aromatic rings. The van der Waals surface area contributed by atoms with E-state index in [2.05, 4.69) is 47.0 Å². The van der Waals surface area contributed by atoms with Crippen LogP contribution in [0.3, 0.4) is 0 Å². The Labute approximate surface area is 126 Å². The van der Waals surface area contributed by atoms with Gasteiger partial charge in [-0.05, 0) is 47.8 Å². The molecule has 2 aliphatic heterocycles. The first-order chi connectivity index (χ1) is 9.78. The first kappa shape index (κ1) is 12.2. The normalized spacial score (nSPS) is 17.9. The number of aliphatic imine (C=N–C) groups is 1. The van der Waals surface area contributed by atoms with Gasteiger partial charge in [0.1, 0.15) is 0 Å². The van der Waals surface area contributed by atoms with E-state index < -0.39 is 0 Å². The number of thioether (sulfide) groups is 1. The zero-order valence-corrected chi connectivity index (χ0v) is 12.9. The van der Waals surface area contributed by atoms with Crippen molar-refractivity contribution in [1.29, 1.82) is 0 Å². The highest BCUT2D eigenvalue weighted by molar-refractivity contribution is 8.17. The highest BCUT2D eigenvalue weighted by Gasteiger charge is 2.32. The lowest BCUT2D eigenvalue weighted by Crippen LogP contribution is -2.20. The van der Waals surface area contributed by atoms with Crippen molar-refractivity contribution in [2.75, 3.05) is 13.1 Å². The van der Waals surface area contributed by atoms with Gasteiger partial charge in [0.05, 0.1) is 12.2 Å². The van der Waals surface area contributed by atoms with Crippen LogP contribution in [0.25, 0.3) is 15.8 Å². The number of hydrogen-bond acceptors (Lipinski definition) is 4. The predicted molar refractivity (Wildman–Crippen MR) is 90.3 cm³/mol. The molecule has 0 radical (unpaired) electrons. The minimum Gasteiger partial charge on any atom is -0.317 e. The summed E-state index contributed by atoms with van der Waals surface area (Å²) < 4.78 is 1.35. The van der Waals surface area contributed by atoms with Crippen LogP contribution in [0.1, 0.15) is 11.1 Å². The fraction of sp³-hybridized carbons (Fsp3) is 0.188. The lowest BCUT2D eigenvalue weighted by molar-refractivity contribution is 0.649. The molecule has 0 atom stereocenters. The largest absolute Gasteiger partial charge is 0.317 e. The molecule has 1 aromatic carbocycles. The molecule has 4 rings (SSSR count). The van der Waals surface area contributed by atoms with Gasteiger partial charge >= 0.3 is 0 Å². The lowest BCUT2D eigenvalue weighted by Gasteiger charge is -2.18. The Morgan fingerprint density at radius 1 is 1.40 bits per heavy atom. The van der Waals surface area contributed by atoms with Crippen molar-refractivity contribution in [2.24, 2.45) is 4.99 Å². The van der Waals surface area contributed by atoms with Crippen molar-refractivity contribution in [2.45, 2.75) is 6.92 Å². The predicted octanol–water partition coefficient (Wildman–Crippen LogP) is 4.48. The molecular weight excluding hydrogens is 284 g/mol. The van der Waals surface area contributed by atoms with Gasteiger partial charge in [-0.1, -0.05) is 12.7 Å². The van der Waals surface area contributed by atoms with Crippen LogP contribution in [0.5, 0.6) is 0 Å². The Bertz CT molecular complexity index is 783. The second-order valence-corrected chi connectivity index (χ2v) is 6.94. The lowest BCUT2D eigenvalue weighted by atomic mass is 10.0. The van der Waals surface area contributed by atoms with Crippen LogP contribution >= 0.6 is 23.1 Å². The monoisotopic (exact) mass is 298 g/mol. The highest BCUT2D eigenvalue weighted by Crippen LogP contribution is 2.44. The standard InChI is InChI=1S/C16H14N2S2/c1-3-13-15(18-6-5-17-16(18)20-13)12-8-10(2)9-14-11(12)4-7-19-14/h3-4,7-9H,1,5-6H2,2H3. The summed E-state index contributed by atoms with van der Waals surface area (Å²) >= 11 is 3.55. The topological polar surface area (TPSA) is 15.6 Å². The van der Waals surface area contributed by atoms with Crippen LogP contribution in [0.4, 0.5) is 0 Å². The van der Waals surface area contributed by atoms with Crippen LogP contribution in [0.15, 0.2) is 46.1 Å². The van der Waals surface area contributed by atoms with Gasteiger partial charge in [-0.3, -0.25) is 4.99 Å². The number of allylic oxidation sites excluding steroid dienone is 1. The molecule has 3 heterocycles. The molecule has 2 nitrogen and oxygen atoms in total. The summed E-state index contributed by atoms with van der Waals surface area (Å²) in [6, 6.07) is 6.77. The molecule has 0 unspecified atom stereocenters. The van der Waals surface area contributed by atoms with E-state index in [1.807, 2.05) is 6.08 Å². The smallest absolute Gasteiger partial charge is 0.168 e. The van der Waals surface area contributed by atoms with Crippen molar-refractivity contribution in [3.63, 3.8) is 0 Å². The molecule has 0 fully saturated rings. The molecule has 0 saturated heterocycles. The molecule has 100 valence electrons. The van der Waals surface area contributed by atoms with Crippen molar-refractivity contribution in [3.05, 3.63) is 52.3 Å². The Kier molecular flexibility index (Phi) is 2.75. The Morgan fingerprint density at radius 2 is 2.30 bits per heavy atom. The van der Waals surface area contributed by atoms with E-state index in [0.717, 1.165) is 18.3 Å². The van der Waals surface area contributed by atoms with Gasteiger partial charge in [0.2, 0.25) is 0 Å². The molecule has 2 aliphatic rings. The number of aryl methyl sites for hydroxylation is 1. The average molecular weight is 298 g/mol. The van der Waals surface area contributed by atoms with E-state index in [-0.39, 0.29) is 0 Å². The average Bonchev–Trinajstić information content (AvgIpc) is 3.11. The maximum absolute atomic E-state index is 4.58.